The largest absolute Gasteiger partial charge is 0.325 e. The monoisotopic (exact) mass is 395 g/mol. The summed E-state index contributed by atoms with van der Waals surface area (Å²) < 4.78 is 0. The van der Waals surface area contributed by atoms with Crippen LogP contribution in [0.15, 0.2) is 66.7 Å². The number of nitro groups is 1. The van der Waals surface area contributed by atoms with Crippen molar-refractivity contribution in [2.75, 3.05) is 22.1 Å². The Labute approximate surface area is 165 Å². The van der Waals surface area contributed by atoms with Gasteiger partial charge >= 0.3 is 0 Å². The SMILES string of the molecule is O=C(CSCC(=O)Nc1ccccc1[N+](=O)[O-])Nc1ccc2ccccc2c1. The van der Waals surface area contributed by atoms with Crippen molar-refractivity contribution in [2.45, 2.75) is 0 Å². The third kappa shape index (κ3) is 5.08. The van der Waals surface area contributed by atoms with Gasteiger partial charge in [0.2, 0.25) is 11.8 Å². The van der Waals surface area contributed by atoms with E-state index in [-0.39, 0.29) is 28.8 Å². The first kappa shape index (κ1) is 19.4. The quantitative estimate of drug-likeness (QED) is 0.464. The highest BCUT2D eigenvalue weighted by Gasteiger charge is 2.15. The van der Waals surface area contributed by atoms with E-state index in [4.69, 9.17) is 0 Å². The predicted molar refractivity (Wildman–Crippen MR) is 112 cm³/mol. The number of thioether (sulfide) groups is 1. The van der Waals surface area contributed by atoms with Gasteiger partial charge in [-0.3, -0.25) is 19.7 Å². The normalized spacial score (nSPS) is 10.4. The molecular formula is C20H17N3O4S. The van der Waals surface area contributed by atoms with Gasteiger partial charge in [-0.15, -0.1) is 11.8 Å². The number of rotatable bonds is 7. The number of nitrogens with zero attached hydrogens (tertiary/aromatic N) is 1. The molecule has 0 saturated heterocycles. The Morgan fingerprint density at radius 1 is 0.857 bits per heavy atom. The molecule has 0 unspecified atom stereocenters. The van der Waals surface area contributed by atoms with Gasteiger partial charge < -0.3 is 10.6 Å². The second-order valence-electron chi connectivity index (χ2n) is 5.93. The summed E-state index contributed by atoms with van der Waals surface area (Å²) in [6.45, 7) is 0. The zero-order chi connectivity index (χ0) is 19.9. The second-order valence-corrected chi connectivity index (χ2v) is 6.91. The van der Waals surface area contributed by atoms with Gasteiger partial charge in [0, 0.05) is 11.8 Å². The Morgan fingerprint density at radius 3 is 2.25 bits per heavy atom. The Morgan fingerprint density at radius 2 is 1.50 bits per heavy atom. The first-order valence-corrected chi connectivity index (χ1v) is 9.58. The highest BCUT2D eigenvalue weighted by atomic mass is 32.2. The van der Waals surface area contributed by atoms with Gasteiger partial charge in [0.25, 0.3) is 5.69 Å². The molecule has 0 bridgehead atoms. The molecule has 0 atom stereocenters. The van der Waals surface area contributed by atoms with Crippen LogP contribution < -0.4 is 10.6 Å². The standard InChI is InChI=1S/C20H17N3O4S/c24-19(21-16-10-9-14-5-1-2-6-15(14)11-16)12-28-13-20(25)22-17-7-3-4-8-18(17)23(26)27/h1-11H,12-13H2,(H,21,24)(H,22,25). The molecule has 0 heterocycles. The molecule has 0 aromatic heterocycles. The van der Waals surface area contributed by atoms with E-state index in [1.54, 1.807) is 6.07 Å². The fourth-order valence-electron chi connectivity index (χ4n) is 2.63. The smallest absolute Gasteiger partial charge is 0.292 e. The van der Waals surface area contributed by atoms with Crippen molar-refractivity contribution in [3.8, 4) is 0 Å². The number of hydrogen-bond acceptors (Lipinski definition) is 5. The Bertz CT molecular complexity index is 1040. The van der Waals surface area contributed by atoms with E-state index in [9.17, 15) is 19.7 Å². The molecule has 142 valence electrons. The van der Waals surface area contributed by atoms with E-state index >= 15 is 0 Å². The fraction of sp³-hybridized carbons (Fsp3) is 0.100. The number of anilines is 2. The van der Waals surface area contributed by atoms with E-state index < -0.39 is 10.8 Å². The number of fused-ring (bicyclic) bond motifs is 1. The average Bonchev–Trinajstić information content (AvgIpc) is 2.68. The van der Waals surface area contributed by atoms with Crippen molar-refractivity contribution < 1.29 is 14.5 Å². The number of benzene rings is 3. The van der Waals surface area contributed by atoms with Crippen LogP contribution in [0.1, 0.15) is 0 Å². The molecule has 0 radical (unpaired) electrons. The molecule has 7 nitrogen and oxygen atoms in total. The van der Waals surface area contributed by atoms with Crippen molar-refractivity contribution in [2.24, 2.45) is 0 Å². The molecule has 2 N–H and O–H groups in total. The zero-order valence-corrected chi connectivity index (χ0v) is 15.6. The Balaban J connectivity index is 1.48. The number of carbonyl (C=O) groups excluding carboxylic acids is 2. The van der Waals surface area contributed by atoms with Crippen LogP contribution in [0.4, 0.5) is 17.1 Å². The maximum absolute atomic E-state index is 12.1. The van der Waals surface area contributed by atoms with Gasteiger partial charge in [-0.25, -0.2) is 0 Å². The summed E-state index contributed by atoms with van der Waals surface area (Å²) in [5, 5.41) is 18.4. The van der Waals surface area contributed by atoms with Crippen LogP contribution in [0.25, 0.3) is 10.8 Å². The van der Waals surface area contributed by atoms with Crippen molar-refractivity contribution in [1.82, 2.24) is 0 Å². The zero-order valence-electron chi connectivity index (χ0n) is 14.8. The van der Waals surface area contributed by atoms with Gasteiger partial charge in [0.1, 0.15) is 5.69 Å². The third-order valence-electron chi connectivity index (χ3n) is 3.87. The van der Waals surface area contributed by atoms with Gasteiger partial charge in [0.15, 0.2) is 0 Å². The molecule has 0 aliphatic carbocycles. The topological polar surface area (TPSA) is 101 Å². The minimum Gasteiger partial charge on any atom is -0.325 e. The van der Waals surface area contributed by atoms with E-state index in [1.165, 1.54) is 18.2 Å². The highest BCUT2D eigenvalue weighted by Crippen LogP contribution is 2.23. The van der Waals surface area contributed by atoms with Crippen molar-refractivity contribution >= 4 is 51.4 Å². The molecule has 3 rings (SSSR count). The van der Waals surface area contributed by atoms with E-state index in [2.05, 4.69) is 10.6 Å². The first-order chi connectivity index (χ1) is 13.5. The third-order valence-corrected chi connectivity index (χ3v) is 4.81. The summed E-state index contributed by atoms with van der Waals surface area (Å²) in [6.07, 6.45) is 0. The number of nitro benzene ring substituents is 1. The lowest BCUT2D eigenvalue weighted by molar-refractivity contribution is -0.383. The van der Waals surface area contributed by atoms with E-state index in [1.807, 2.05) is 42.5 Å². The van der Waals surface area contributed by atoms with Crippen LogP contribution in [0, 0.1) is 10.1 Å². The van der Waals surface area contributed by atoms with E-state index in [0.717, 1.165) is 22.5 Å². The van der Waals surface area contributed by atoms with Gasteiger partial charge in [-0.1, -0.05) is 42.5 Å². The van der Waals surface area contributed by atoms with Crippen molar-refractivity contribution in [3.05, 3.63) is 76.8 Å². The Hall–Kier alpha value is -3.39. The van der Waals surface area contributed by atoms with Crippen LogP contribution in [-0.2, 0) is 9.59 Å². The number of carbonyl (C=O) groups is 2. The number of hydrogen-bond donors (Lipinski definition) is 2. The molecule has 0 aliphatic heterocycles. The molecule has 0 saturated carbocycles. The molecule has 0 spiro atoms. The molecule has 0 fully saturated rings. The van der Waals surface area contributed by atoms with Crippen LogP contribution in [0.3, 0.4) is 0 Å². The maximum Gasteiger partial charge on any atom is 0.292 e. The number of amides is 2. The summed E-state index contributed by atoms with van der Waals surface area (Å²) in [5.41, 5.74) is 0.655. The second kappa shape index (κ2) is 9.01. The molecule has 2 amide bonds. The maximum atomic E-state index is 12.1. The number of nitrogens with one attached hydrogen (secondary N) is 2. The fourth-order valence-corrected chi connectivity index (χ4v) is 3.24. The first-order valence-electron chi connectivity index (χ1n) is 8.42. The highest BCUT2D eigenvalue weighted by molar-refractivity contribution is 8.00. The summed E-state index contributed by atoms with van der Waals surface area (Å²) in [6, 6.07) is 19.4. The summed E-state index contributed by atoms with van der Waals surface area (Å²) in [7, 11) is 0. The lowest BCUT2D eigenvalue weighted by Crippen LogP contribution is -2.18. The minimum absolute atomic E-state index is 0.0111. The van der Waals surface area contributed by atoms with Crippen LogP contribution in [-0.4, -0.2) is 28.2 Å². The van der Waals surface area contributed by atoms with Crippen LogP contribution >= 0.6 is 11.8 Å². The van der Waals surface area contributed by atoms with E-state index in [0.29, 0.717) is 5.69 Å². The number of para-hydroxylation sites is 2. The van der Waals surface area contributed by atoms with Crippen LogP contribution in [0.2, 0.25) is 0 Å². The lowest BCUT2D eigenvalue weighted by Gasteiger charge is -2.07. The van der Waals surface area contributed by atoms with Crippen LogP contribution in [0.5, 0.6) is 0 Å². The molecule has 0 aliphatic rings. The molecular weight excluding hydrogens is 378 g/mol. The predicted octanol–water partition coefficient (Wildman–Crippen LogP) is 4.06. The van der Waals surface area contributed by atoms with Crippen molar-refractivity contribution in [3.63, 3.8) is 0 Å². The molecule has 8 heteroatoms. The summed E-state index contributed by atoms with van der Waals surface area (Å²) >= 11 is 1.13. The van der Waals surface area contributed by atoms with Gasteiger partial charge in [0.05, 0.1) is 16.4 Å². The minimum atomic E-state index is -0.556. The van der Waals surface area contributed by atoms with Gasteiger partial charge in [-0.2, -0.15) is 0 Å². The molecule has 3 aromatic rings. The van der Waals surface area contributed by atoms with Gasteiger partial charge in [-0.05, 0) is 29.0 Å². The summed E-state index contributed by atoms with van der Waals surface area (Å²) in [5.74, 6) is -0.523. The summed E-state index contributed by atoms with van der Waals surface area (Å²) in [4.78, 5) is 34.5. The molecule has 3 aromatic carbocycles. The van der Waals surface area contributed by atoms with Crippen molar-refractivity contribution in [1.29, 1.82) is 0 Å². The Kier molecular flexibility index (Phi) is 6.23. The molecule has 28 heavy (non-hydrogen) atoms. The lowest BCUT2D eigenvalue weighted by atomic mass is 10.1. The average molecular weight is 395 g/mol.